The molecule has 0 unspecified atom stereocenters. The summed E-state index contributed by atoms with van der Waals surface area (Å²) in [6.07, 6.45) is 2.01. The molecule has 5 rings (SSSR count). The van der Waals surface area contributed by atoms with Crippen LogP contribution in [0.15, 0.2) is 60.7 Å². The molecule has 1 aliphatic heterocycles. The molecule has 7 heteroatoms. The number of nitrogens with zero attached hydrogens (tertiary/aromatic N) is 2. The topological polar surface area (TPSA) is 51.4 Å². The Kier molecular flexibility index (Phi) is 6.95. The van der Waals surface area contributed by atoms with E-state index in [2.05, 4.69) is 32.2 Å². The maximum absolute atomic E-state index is 12.7. The second-order valence-corrected chi connectivity index (χ2v) is 9.58. The summed E-state index contributed by atoms with van der Waals surface area (Å²) in [7, 11) is 0. The van der Waals surface area contributed by atoms with Gasteiger partial charge >= 0.3 is 0 Å². The third-order valence-electron chi connectivity index (χ3n) is 6.60. The molecule has 34 heavy (non-hydrogen) atoms. The molecule has 0 spiro atoms. The minimum atomic E-state index is -0.0146. The number of H-pyrrole nitrogens is 1. The van der Waals surface area contributed by atoms with Gasteiger partial charge in [0.05, 0.1) is 15.7 Å². The highest BCUT2D eigenvalue weighted by molar-refractivity contribution is 6.43. The summed E-state index contributed by atoms with van der Waals surface area (Å²) in [4.78, 5) is 20.9. The van der Waals surface area contributed by atoms with Gasteiger partial charge in [0.2, 0.25) is 0 Å². The van der Waals surface area contributed by atoms with Gasteiger partial charge in [-0.1, -0.05) is 47.5 Å². The number of nitrogens with one attached hydrogen (secondary N) is 2. The van der Waals surface area contributed by atoms with Crippen LogP contribution in [0.2, 0.25) is 10.0 Å². The molecule has 1 aromatic heterocycles. The number of halogens is 2. The number of fused-ring (bicyclic) bond motifs is 3. The van der Waals surface area contributed by atoms with E-state index >= 15 is 0 Å². The Labute approximate surface area is 209 Å². The molecule has 0 saturated carbocycles. The van der Waals surface area contributed by atoms with E-state index in [9.17, 15) is 4.79 Å². The molecule has 1 amide bonds. The van der Waals surface area contributed by atoms with E-state index < -0.39 is 0 Å². The van der Waals surface area contributed by atoms with Gasteiger partial charge in [0.1, 0.15) is 0 Å². The monoisotopic (exact) mass is 494 g/mol. The number of unbranched alkanes of at least 4 members (excludes halogenated alkanes) is 1. The minimum absolute atomic E-state index is 0.0146. The zero-order valence-corrected chi connectivity index (χ0v) is 20.5. The molecule has 5 nitrogen and oxygen atoms in total. The largest absolute Gasteiger partial charge is 0.368 e. The van der Waals surface area contributed by atoms with Gasteiger partial charge in [0.15, 0.2) is 0 Å². The first kappa shape index (κ1) is 23.0. The Morgan fingerprint density at radius 1 is 0.882 bits per heavy atom. The van der Waals surface area contributed by atoms with Crippen molar-refractivity contribution in [3.8, 4) is 0 Å². The number of hydrogen-bond donors (Lipinski definition) is 2. The van der Waals surface area contributed by atoms with Crippen LogP contribution < -0.4 is 10.2 Å². The van der Waals surface area contributed by atoms with E-state index in [0.29, 0.717) is 22.2 Å². The standard InChI is InChI=1S/C27H28Cl2N4O/c28-22-7-5-9-25(26(22)29)33-16-14-32(15-17-33)13-4-3-12-30-27(34)19-10-11-24-21(18-19)20-6-1-2-8-23(20)31-24/h1-2,5-11,18,31H,3-4,12-17H2,(H,30,34). The molecule has 1 fully saturated rings. The van der Waals surface area contributed by atoms with Crippen LogP contribution in [0, 0.1) is 0 Å². The maximum atomic E-state index is 12.7. The highest BCUT2D eigenvalue weighted by atomic mass is 35.5. The average molecular weight is 495 g/mol. The van der Waals surface area contributed by atoms with Crippen LogP contribution in [0.5, 0.6) is 0 Å². The maximum Gasteiger partial charge on any atom is 0.251 e. The number of aromatic amines is 1. The second-order valence-electron chi connectivity index (χ2n) is 8.80. The summed E-state index contributed by atoms with van der Waals surface area (Å²) in [5.74, 6) is -0.0146. The van der Waals surface area contributed by atoms with Crippen LogP contribution in [-0.2, 0) is 0 Å². The van der Waals surface area contributed by atoms with Gasteiger partial charge in [0.25, 0.3) is 5.91 Å². The number of aromatic nitrogens is 1. The van der Waals surface area contributed by atoms with E-state index in [0.717, 1.165) is 73.1 Å². The zero-order valence-electron chi connectivity index (χ0n) is 19.0. The van der Waals surface area contributed by atoms with E-state index in [1.807, 2.05) is 48.5 Å². The van der Waals surface area contributed by atoms with Crippen LogP contribution in [0.3, 0.4) is 0 Å². The van der Waals surface area contributed by atoms with Gasteiger partial charge in [-0.25, -0.2) is 0 Å². The molecule has 2 heterocycles. The van der Waals surface area contributed by atoms with Gasteiger partial charge in [-0.2, -0.15) is 0 Å². The average Bonchev–Trinajstić information content (AvgIpc) is 3.24. The van der Waals surface area contributed by atoms with Gasteiger partial charge in [-0.15, -0.1) is 0 Å². The lowest BCUT2D eigenvalue weighted by Gasteiger charge is -2.36. The first-order valence-corrected chi connectivity index (χ1v) is 12.6. The van der Waals surface area contributed by atoms with Crippen molar-refractivity contribution in [3.63, 3.8) is 0 Å². The van der Waals surface area contributed by atoms with E-state index in [-0.39, 0.29) is 5.91 Å². The highest BCUT2D eigenvalue weighted by Crippen LogP contribution is 2.33. The van der Waals surface area contributed by atoms with Crippen molar-refractivity contribution in [3.05, 3.63) is 76.3 Å². The highest BCUT2D eigenvalue weighted by Gasteiger charge is 2.19. The number of para-hydroxylation sites is 1. The van der Waals surface area contributed by atoms with Crippen LogP contribution in [0.25, 0.3) is 21.8 Å². The third kappa shape index (κ3) is 4.88. The Morgan fingerprint density at radius 3 is 2.53 bits per heavy atom. The Bertz CT molecular complexity index is 1310. The van der Waals surface area contributed by atoms with Crippen molar-refractivity contribution >= 4 is 56.6 Å². The van der Waals surface area contributed by atoms with E-state index in [4.69, 9.17) is 23.2 Å². The van der Waals surface area contributed by atoms with Crippen LogP contribution >= 0.6 is 23.2 Å². The van der Waals surface area contributed by atoms with Crippen molar-refractivity contribution in [1.82, 2.24) is 15.2 Å². The second kappa shape index (κ2) is 10.3. The molecule has 1 aliphatic rings. The molecule has 0 radical (unpaired) electrons. The predicted molar refractivity (Wildman–Crippen MR) is 142 cm³/mol. The zero-order chi connectivity index (χ0) is 23.5. The molecular formula is C27H28Cl2N4O. The summed E-state index contributed by atoms with van der Waals surface area (Å²) >= 11 is 12.5. The van der Waals surface area contributed by atoms with E-state index in [1.54, 1.807) is 0 Å². The lowest BCUT2D eigenvalue weighted by molar-refractivity contribution is 0.0952. The Morgan fingerprint density at radius 2 is 1.68 bits per heavy atom. The van der Waals surface area contributed by atoms with Gasteiger partial charge in [-0.05, 0) is 55.8 Å². The Hall–Kier alpha value is -2.73. The molecule has 4 aromatic rings. The number of hydrogen-bond acceptors (Lipinski definition) is 3. The number of amides is 1. The molecule has 176 valence electrons. The van der Waals surface area contributed by atoms with E-state index in [1.165, 1.54) is 0 Å². The van der Waals surface area contributed by atoms with Crippen LogP contribution in [0.4, 0.5) is 5.69 Å². The number of piperazine rings is 1. The van der Waals surface area contributed by atoms with Gasteiger partial charge in [-0.3, -0.25) is 9.69 Å². The van der Waals surface area contributed by atoms with Crippen molar-refractivity contribution in [2.75, 3.05) is 44.2 Å². The first-order chi connectivity index (χ1) is 16.6. The summed E-state index contributed by atoms with van der Waals surface area (Å²) in [6.45, 7) is 5.59. The fraction of sp³-hybridized carbons (Fsp3) is 0.296. The molecule has 3 aromatic carbocycles. The Balaban J connectivity index is 1.06. The number of benzene rings is 3. The number of carbonyl (C=O) groups excluding carboxylic acids is 1. The first-order valence-electron chi connectivity index (χ1n) is 11.8. The van der Waals surface area contributed by atoms with Gasteiger partial charge < -0.3 is 15.2 Å². The fourth-order valence-corrected chi connectivity index (χ4v) is 5.12. The smallest absolute Gasteiger partial charge is 0.251 e. The van der Waals surface area contributed by atoms with Crippen molar-refractivity contribution in [1.29, 1.82) is 0 Å². The molecule has 0 aliphatic carbocycles. The number of carbonyl (C=O) groups is 1. The van der Waals surface area contributed by atoms with Crippen molar-refractivity contribution in [2.24, 2.45) is 0 Å². The summed E-state index contributed by atoms with van der Waals surface area (Å²) in [5, 5.41) is 6.54. The summed E-state index contributed by atoms with van der Waals surface area (Å²) < 4.78 is 0. The molecule has 0 bridgehead atoms. The number of rotatable bonds is 7. The quantitative estimate of drug-likeness (QED) is 0.311. The molecular weight excluding hydrogens is 467 g/mol. The lowest BCUT2D eigenvalue weighted by Crippen LogP contribution is -2.46. The van der Waals surface area contributed by atoms with Crippen molar-refractivity contribution < 1.29 is 4.79 Å². The minimum Gasteiger partial charge on any atom is -0.368 e. The van der Waals surface area contributed by atoms with Crippen LogP contribution in [-0.4, -0.2) is 55.1 Å². The molecule has 2 N–H and O–H groups in total. The van der Waals surface area contributed by atoms with Crippen LogP contribution in [0.1, 0.15) is 23.2 Å². The predicted octanol–water partition coefficient (Wildman–Crippen LogP) is 5.96. The fourth-order valence-electron chi connectivity index (χ4n) is 4.70. The summed E-state index contributed by atoms with van der Waals surface area (Å²) in [6, 6.07) is 19.8. The number of anilines is 1. The lowest BCUT2D eigenvalue weighted by atomic mass is 10.1. The molecule has 1 saturated heterocycles. The third-order valence-corrected chi connectivity index (χ3v) is 7.41. The van der Waals surface area contributed by atoms with Gasteiger partial charge in [0, 0.05) is 60.1 Å². The normalized spacial score (nSPS) is 14.7. The summed E-state index contributed by atoms with van der Waals surface area (Å²) in [5.41, 5.74) is 3.86. The SMILES string of the molecule is O=C(NCCCCN1CCN(c2cccc(Cl)c2Cl)CC1)c1ccc2[nH]c3ccccc3c2c1. The van der Waals surface area contributed by atoms with Crippen molar-refractivity contribution in [2.45, 2.75) is 12.8 Å². The molecule has 0 atom stereocenters.